The third kappa shape index (κ3) is 3.57. The van der Waals surface area contributed by atoms with Crippen molar-refractivity contribution in [2.24, 2.45) is 5.41 Å². The molecule has 6 heteroatoms. The molecule has 0 saturated carbocycles. The van der Waals surface area contributed by atoms with Crippen molar-refractivity contribution in [1.82, 2.24) is 25.2 Å². The molecule has 3 heterocycles. The normalized spacial score (nSPS) is 20.5. The Labute approximate surface area is 143 Å². The summed E-state index contributed by atoms with van der Waals surface area (Å²) >= 11 is 0. The van der Waals surface area contributed by atoms with Gasteiger partial charge in [0.1, 0.15) is 0 Å². The maximum Gasteiger partial charge on any atom is 0.0971 e. The van der Waals surface area contributed by atoms with Gasteiger partial charge >= 0.3 is 0 Å². The Bertz CT molecular complexity index is 621. The van der Waals surface area contributed by atoms with Crippen molar-refractivity contribution in [3.63, 3.8) is 0 Å². The lowest BCUT2D eigenvalue weighted by Crippen LogP contribution is -2.38. The van der Waals surface area contributed by atoms with Crippen molar-refractivity contribution in [2.45, 2.75) is 25.8 Å². The van der Waals surface area contributed by atoms with E-state index >= 15 is 0 Å². The van der Waals surface area contributed by atoms with Crippen LogP contribution >= 0.6 is 12.4 Å². The Morgan fingerprint density at radius 2 is 1.87 bits per heavy atom. The van der Waals surface area contributed by atoms with Crippen LogP contribution in [0.1, 0.15) is 25.0 Å². The van der Waals surface area contributed by atoms with Gasteiger partial charge < -0.3 is 5.32 Å². The van der Waals surface area contributed by atoms with Crippen molar-refractivity contribution in [2.75, 3.05) is 26.2 Å². The highest BCUT2D eigenvalue weighted by Crippen LogP contribution is 2.38. The smallest absolute Gasteiger partial charge is 0.0971 e. The quantitative estimate of drug-likeness (QED) is 0.936. The highest BCUT2D eigenvalue weighted by Gasteiger charge is 2.38. The fraction of sp³-hybridized carbons (Fsp3) is 0.529. The molecule has 0 radical (unpaired) electrons. The average molecular weight is 334 g/mol. The second kappa shape index (κ2) is 6.99. The van der Waals surface area contributed by atoms with Crippen LogP contribution in [-0.4, -0.2) is 46.1 Å². The summed E-state index contributed by atoms with van der Waals surface area (Å²) in [6.45, 7) is 5.68. The van der Waals surface area contributed by atoms with E-state index in [-0.39, 0.29) is 12.4 Å². The van der Waals surface area contributed by atoms with Crippen LogP contribution in [0.3, 0.4) is 0 Å². The molecule has 4 rings (SSSR count). The topological polar surface area (TPSA) is 46.0 Å². The van der Waals surface area contributed by atoms with E-state index in [1.54, 1.807) is 4.80 Å². The van der Waals surface area contributed by atoms with Gasteiger partial charge in [0.15, 0.2) is 0 Å². The van der Waals surface area contributed by atoms with Gasteiger partial charge in [0, 0.05) is 13.1 Å². The minimum absolute atomic E-state index is 0. The van der Waals surface area contributed by atoms with Crippen molar-refractivity contribution < 1.29 is 0 Å². The molecule has 0 bridgehead atoms. The Morgan fingerprint density at radius 1 is 1.09 bits per heavy atom. The first-order chi connectivity index (χ1) is 10.8. The molecule has 2 saturated heterocycles. The van der Waals surface area contributed by atoms with Gasteiger partial charge in [-0.2, -0.15) is 15.0 Å². The van der Waals surface area contributed by atoms with E-state index in [0.29, 0.717) is 5.41 Å². The molecular formula is C17H24ClN5. The fourth-order valence-electron chi connectivity index (χ4n) is 3.81. The highest BCUT2D eigenvalue weighted by molar-refractivity contribution is 5.85. The molecular weight excluding hydrogens is 310 g/mol. The number of likely N-dealkylation sites (tertiary alicyclic amines) is 1. The summed E-state index contributed by atoms with van der Waals surface area (Å²) in [6, 6.07) is 10.1. The molecule has 2 aliphatic rings. The maximum atomic E-state index is 4.63. The first-order valence-electron chi connectivity index (χ1n) is 8.23. The molecule has 2 aliphatic heterocycles. The van der Waals surface area contributed by atoms with Crippen LogP contribution in [0.2, 0.25) is 0 Å². The lowest BCUT2D eigenvalue weighted by molar-refractivity contribution is 0.193. The van der Waals surface area contributed by atoms with E-state index in [9.17, 15) is 0 Å². The predicted octanol–water partition coefficient (Wildman–Crippen LogP) is 2.26. The molecule has 0 unspecified atom stereocenters. The molecule has 2 fully saturated rings. The molecule has 0 amide bonds. The van der Waals surface area contributed by atoms with Crippen molar-refractivity contribution in [3.8, 4) is 5.69 Å². The van der Waals surface area contributed by atoms with Gasteiger partial charge in [-0.25, -0.2) is 0 Å². The zero-order chi connectivity index (χ0) is 14.8. The van der Waals surface area contributed by atoms with Crippen LogP contribution < -0.4 is 5.32 Å². The third-order valence-corrected chi connectivity index (χ3v) is 5.09. The molecule has 124 valence electrons. The third-order valence-electron chi connectivity index (χ3n) is 5.09. The van der Waals surface area contributed by atoms with E-state index in [0.717, 1.165) is 17.9 Å². The largest absolute Gasteiger partial charge is 0.317 e. The van der Waals surface area contributed by atoms with Gasteiger partial charge in [-0.3, -0.25) is 4.90 Å². The van der Waals surface area contributed by atoms with E-state index in [1.165, 1.54) is 45.4 Å². The van der Waals surface area contributed by atoms with Crippen LogP contribution in [0.25, 0.3) is 5.69 Å². The van der Waals surface area contributed by atoms with Crippen LogP contribution in [-0.2, 0) is 6.54 Å². The molecule has 2 aromatic rings. The summed E-state index contributed by atoms with van der Waals surface area (Å²) in [6.07, 6.45) is 5.88. The number of nitrogens with one attached hydrogen (secondary N) is 1. The van der Waals surface area contributed by atoms with E-state index in [4.69, 9.17) is 0 Å². The monoisotopic (exact) mass is 333 g/mol. The molecule has 1 aromatic carbocycles. The molecule has 0 atom stereocenters. The van der Waals surface area contributed by atoms with E-state index in [1.807, 2.05) is 36.5 Å². The molecule has 5 nitrogen and oxygen atoms in total. The fourth-order valence-corrected chi connectivity index (χ4v) is 3.81. The first kappa shape index (κ1) is 16.4. The zero-order valence-electron chi connectivity index (χ0n) is 13.3. The van der Waals surface area contributed by atoms with E-state index in [2.05, 4.69) is 20.4 Å². The minimum atomic E-state index is 0. The van der Waals surface area contributed by atoms with Gasteiger partial charge in [-0.05, 0) is 56.4 Å². The van der Waals surface area contributed by atoms with Crippen LogP contribution in [0.5, 0.6) is 0 Å². The molecule has 0 aliphatic carbocycles. The number of para-hydroxylation sites is 1. The average Bonchev–Trinajstić information content (AvgIpc) is 3.17. The van der Waals surface area contributed by atoms with Gasteiger partial charge in [0.2, 0.25) is 0 Å². The molecule has 1 aromatic heterocycles. The van der Waals surface area contributed by atoms with Crippen LogP contribution in [0, 0.1) is 5.41 Å². The Balaban J connectivity index is 0.00000156. The number of hydrogen-bond donors (Lipinski definition) is 1. The summed E-state index contributed by atoms with van der Waals surface area (Å²) in [5.74, 6) is 0. The van der Waals surface area contributed by atoms with Crippen LogP contribution in [0.4, 0.5) is 0 Å². The lowest BCUT2D eigenvalue weighted by atomic mass is 9.78. The van der Waals surface area contributed by atoms with Gasteiger partial charge in [0.05, 0.1) is 17.6 Å². The molecule has 23 heavy (non-hydrogen) atoms. The standard InChI is InChI=1S/C17H23N5.ClH/c1-2-4-16(5-3-1)22-19-12-15(20-22)13-21-11-8-17(14-21)6-9-18-10-7-17;/h1-5,12,18H,6-11,13-14H2;1H. The maximum absolute atomic E-state index is 4.63. The second-order valence-corrected chi connectivity index (χ2v) is 6.67. The number of benzene rings is 1. The summed E-state index contributed by atoms with van der Waals surface area (Å²) in [5, 5.41) is 12.5. The lowest BCUT2D eigenvalue weighted by Gasteiger charge is -2.33. The van der Waals surface area contributed by atoms with E-state index < -0.39 is 0 Å². The predicted molar refractivity (Wildman–Crippen MR) is 93.0 cm³/mol. The summed E-state index contributed by atoms with van der Waals surface area (Å²) in [7, 11) is 0. The SMILES string of the molecule is Cl.c1ccc(-n2ncc(CN3CCC4(CCNCC4)C3)n2)cc1. The summed E-state index contributed by atoms with van der Waals surface area (Å²) in [4.78, 5) is 4.27. The summed E-state index contributed by atoms with van der Waals surface area (Å²) in [5.41, 5.74) is 2.64. The molecule has 1 spiro atoms. The minimum Gasteiger partial charge on any atom is -0.317 e. The second-order valence-electron chi connectivity index (χ2n) is 6.67. The number of hydrogen-bond acceptors (Lipinski definition) is 4. The van der Waals surface area contributed by atoms with Crippen molar-refractivity contribution in [1.29, 1.82) is 0 Å². The summed E-state index contributed by atoms with van der Waals surface area (Å²) < 4.78 is 0. The number of rotatable bonds is 3. The number of aromatic nitrogens is 3. The van der Waals surface area contributed by atoms with Crippen molar-refractivity contribution in [3.05, 3.63) is 42.2 Å². The number of nitrogens with zero attached hydrogens (tertiary/aromatic N) is 4. The highest BCUT2D eigenvalue weighted by atomic mass is 35.5. The van der Waals surface area contributed by atoms with Gasteiger partial charge in [-0.1, -0.05) is 18.2 Å². The van der Waals surface area contributed by atoms with Gasteiger partial charge in [0.25, 0.3) is 0 Å². The Hall–Kier alpha value is -1.43. The van der Waals surface area contributed by atoms with Crippen molar-refractivity contribution >= 4 is 12.4 Å². The molecule has 1 N–H and O–H groups in total. The Kier molecular flexibility index (Phi) is 4.99. The van der Waals surface area contributed by atoms with Crippen LogP contribution in [0.15, 0.2) is 36.5 Å². The van der Waals surface area contributed by atoms with Gasteiger partial charge in [-0.15, -0.1) is 12.4 Å². The first-order valence-corrected chi connectivity index (χ1v) is 8.23. The Morgan fingerprint density at radius 3 is 2.65 bits per heavy atom. The zero-order valence-corrected chi connectivity index (χ0v) is 14.1. The number of piperidine rings is 1. The number of halogens is 1.